The Morgan fingerprint density at radius 3 is 2.21 bits per heavy atom. The Hall–Kier alpha value is -0.532. The molecule has 0 heterocycles. The second-order valence-corrected chi connectivity index (χ2v) is 3.08. The summed E-state index contributed by atoms with van der Waals surface area (Å²) in [7, 11) is 1.61. The van der Waals surface area contributed by atoms with Gasteiger partial charge in [-0.1, -0.05) is 0 Å². The number of benzene rings is 1. The van der Waals surface area contributed by atoms with E-state index in [4.69, 9.17) is 4.74 Å². The number of rotatable bonds is 2. The van der Waals surface area contributed by atoms with Gasteiger partial charge in [0.15, 0.2) is 11.5 Å². The number of ether oxygens (including phenoxy) is 1. The van der Waals surface area contributed by atoms with Crippen molar-refractivity contribution in [2.45, 2.75) is 20.0 Å². The smallest absolute Gasteiger partial charge is 0.157 e. The fourth-order valence-corrected chi connectivity index (χ4v) is 1.26. The van der Waals surface area contributed by atoms with Crippen LogP contribution in [0.15, 0.2) is 12.1 Å². The van der Waals surface area contributed by atoms with E-state index in [-0.39, 0.29) is 38.7 Å². The summed E-state index contributed by atoms with van der Waals surface area (Å²) in [6, 6.07) is 3.05. The molecule has 14 heavy (non-hydrogen) atoms. The molecule has 0 aliphatic heterocycles. The van der Waals surface area contributed by atoms with Crippen molar-refractivity contribution in [1.82, 2.24) is 0 Å². The molecule has 2 N–H and O–H groups in total. The minimum absolute atomic E-state index is 0. The summed E-state index contributed by atoms with van der Waals surface area (Å²) in [5.74, 6) is -0.200. The summed E-state index contributed by atoms with van der Waals surface area (Å²) < 4.78 is 5.12. The Morgan fingerprint density at radius 2 is 1.71 bits per heavy atom. The van der Waals surface area contributed by atoms with Crippen LogP contribution in [0.25, 0.3) is 0 Å². The SMILES string of the molecule is COC(C)c1cc(O)c(O)cc1C.[W]. The van der Waals surface area contributed by atoms with Gasteiger partial charge in [-0.3, -0.25) is 0 Å². The van der Waals surface area contributed by atoms with Gasteiger partial charge in [0.25, 0.3) is 0 Å². The molecule has 1 aromatic rings. The van der Waals surface area contributed by atoms with E-state index >= 15 is 0 Å². The molecule has 4 heteroatoms. The van der Waals surface area contributed by atoms with Crippen LogP contribution >= 0.6 is 0 Å². The molecular weight excluding hydrogens is 352 g/mol. The summed E-state index contributed by atoms with van der Waals surface area (Å²) in [5.41, 5.74) is 1.79. The van der Waals surface area contributed by atoms with Crippen molar-refractivity contribution in [3.05, 3.63) is 23.3 Å². The summed E-state index contributed by atoms with van der Waals surface area (Å²) in [6.07, 6.45) is -0.0773. The first-order valence-corrected chi connectivity index (χ1v) is 4.11. The predicted molar refractivity (Wildman–Crippen MR) is 49.9 cm³/mol. The van der Waals surface area contributed by atoms with E-state index in [1.807, 2.05) is 13.8 Å². The second-order valence-electron chi connectivity index (χ2n) is 3.08. The first-order valence-electron chi connectivity index (χ1n) is 4.11. The molecule has 0 amide bonds. The molecule has 0 radical (unpaired) electrons. The van der Waals surface area contributed by atoms with Crippen molar-refractivity contribution >= 4 is 0 Å². The van der Waals surface area contributed by atoms with Gasteiger partial charge >= 0.3 is 0 Å². The van der Waals surface area contributed by atoms with E-state index in [9.17, 15) is 10.2 Å². The van der Waals surface area contributed by atoms with Gasteiger partial charge in [0, 0.05) is 28.2 Å². The van der Waals surface area contributed by atoms with Gasteiger partial charge in [0.2, 0.25) is 0 Å². The van der Waals surface area contributed by atoms with Gasteiger partial charge in [-0.15, -0.1) is 0 Å². The van der Waals surface area contributed by atoms with Gasteiger partial charge < -0.3 is 14.9 Å². The predicted octanol–water partition coefficient (Wildman–Crippen LogP) is 2.11. The van der Waals surface area contributed by atoms with Crippen molar-refractivity contribution in [1.29, 1.82) is 0 Å². The van der Waals surface area contributed by atoms with Crippen LogP contribution in [0, 0.1) is 6.92 Å². The van der Waals surface area contributed by atoms with E-state index < -0.39 is 0 Å². The summed E-state index contributed by atoms with van der Waals surface area (Å²) >= 11 is 0. The molecule has 0 fully saturated rings. The summed E-state index contributed by atoms with van der Waals surface area (Å²) in [4.78, 5) is 0. The van der Waals surface area contributed by atoms with Crippen LogP contribution in [0.4, 0.5) is 0 Å². The zero-order valence-corrected chi connectivity index (χ0v) is 11.4. The second kappa shape index (κ2) is 5.37. The molecule has 1 aromatic carbocycles. The maximum atomic E-state index is 9.26. The van der Waals surface area contributed by atoms with Crippen LogP contribution in [-0.4, -0.2) is 17.3 Å². The van der Waals surface area contributed by atoms with E-state index in [0.29, 0.717) is 0 Å². The number of phenols is 2. The van der Waals surface area contributed by atoms with Gasteiger partial charge in [0.05, 0.1) is 6.10 Å². The third-order valence-electron chi connectivity index (χ3n) is 2.15. The number of aromatic hydroxyl groups is 2. The van der Waals surface area contributed by atoms with E-state index in [1.165, 1.54) is 12.1 Å². The molecule has 1 unspecified atom stereocenters. The van der Waals surface area contributed by atoms with Crippen molar-refractivity contribution in [2.75, 3.05) is 7.11 Å². The monoisotopic (exact) mass is 366 g/mol. The average Bonchev–Trinajstić information content (AvgIpc) is 2.10. The standard InChI is InChI=1S/C10H14O3.W/c1-6-4-9(11)10(12)5-8(6)7(2)13-3;/h4-5,7,11-12H,1-3H3;. The number of aryl methyl sites for hydroxylation is 1. The summed E-state index contributed by atoms with van der Waals surface area (Å²) in [6.45, 7) is 3.75. The van der Waals surface area contributed by atoms with Crippen molar-refractivity contribution < 1.29 is 36.0 Å². The first kappa shape index (κ1) is 13.5. The maximum Gasteiger partial charge on any atom is 0.157 e. The van der Waals surface area contributed by atoms with Crippen LogP contribution in [0.2, 0.25) is 0 Å². The number of methoxy groups -OCH3 is 1. The van der Waals surface area contributed by atoms with Crippen LogP contribution in [0.1, 0.15) is 24.2 Å². The van der Waals surface area contributed by atoms with Crippen molar-refractivity contribution in [3.63, 3.8) is 0 Å². The van der Waals surface area contributed by atoms with Crippen LogP contribution in [0.3, 0.4) is 0 Å². The van der Waals surface area contributed by atoms with Crippen LogP contribution < -0.4 is 0 Å². The van der Waals surface area contributed by atoms with Gasteiger partial charge in [-0.05, 0) is 37.1 Å². The molecular formula is C10H14O3W. The number of hydrogen-bond acceptors (Lipinski definition) is 3. The fourth-order valence-electron chi connectivity index (χ4n) is 1.26. The Labute approximate surface area is 98.0 Å². The topological polar surface area (TPSA) is 49.7 Å². The zero-order chi connectivity index (χ0) is 10.0. The number of hydrogen-bond donors (Lipinski definition) is 2. The fraction of sp³-hybridized carbons (Fsp3) is 0.400. The molecule has 3 nitrogen and oxygen atoms in total. The minimum Gasteiger partial charge on any atom is -0.504 e. The third-order valence-corrected chi connectivity index (χ3v) is 2.15. The average molecular weight is 366 g/mol. The van der Waals surface area contributed by atoms with Crippen LogP contribution in [0.5, 0.6) is 11.5 Å². The first-order chi connectivity index (χ1) is 6.06. The molecule has 1 atom stereocenters. The molecule has 0 saturated carbocycles. The maximum absolute atomic E-state index is 9.26. The molecule has 0 saturated heterocycles. The van der Waals surface area contributed by atoms with E-state index in [0.717, 1.165) is 11.1 Å². The molecule has 0 aliphatic carbocycles. The zero-order valence-electron chi connectivity index (χ0n) is 8.44. The summed E-state index contributed by atoms with van der Waals surface area (Å²) in [5, 5.41) is 18.5. The molecule has 78 valence electrons. The molecule has 0 aliphatic rings. The molecule has 0 aromatic heterocycles. The Balaban J connectivity index is 0.00000169. The Bertz CT molecular complexity index is 312. The Kier molecular flexibility index (Phi) is 5.17. The minimum atomic E-state index is -0.107. The quantitative estimate of drug-likeness (QED) is 0.789. The van der Waals surface area contributed by atoms with Crippen molar-refractivity contribution in [3.8, 4) is 11.5 Å². The van der Waals surface area contributed by atoms with E-state index in [1.54, 1.807) is 7.11 Å². The van der Waals surface area contributed by atoms with Crippen LogP contribution in [-0.2, 0) is 25.8 Å². The van der Waals surface area contributed by atoms with Gasteiger partial charge in [-0.25, -0.2) is 0 Å². The molecule has 0 bridgehead atoms. The van der Waals surface area contributed by atoms with Gasteiger partial charge in [0.1, 0.15) is 0 Å². The van der Waals surface area contributed by atoms with E-state index in [2.05, 4.69) is 0 Å². The van der Waals surface area contributed by atoms with Crippen molar-refractivity contribution in [2.24, 2.45) is 0 Å². The molecule has 1 rings (SSSR count). The largest absolute Gasteiger partial charge is 0.504 e. The third kappa shape index (κ3) is 2.73. The Morgan fingerprint density at radius 1 is 1.21 bits per heavy atom. The normalized spacial score (nSPS) is 11.9. The molecule has 0 spiro atoms. The van der Waals surface area contributed by atoms with Gasteiger partial charge in [-0.2, -0.15) is 0 Å². The number of phenolic OH excluding ortho intramolecular Hbond substituents is 2.